The molecular weight excluding hydrogens is 318 g/mol. The second kappa shape index (κ2) is 7.18. The minimum Gasteiger partial charge on any atom is -0.353 e. The molecule has 1 N–H and O–H groups in total. The molecule has 1 amide bonds. The van der Waals surface area contributed by atoms with E-state index in [1.165, 1.54) is 18.4 Å². The number of nitrogens with one attached hydrogen (secondary N) is 1. The number of thioether (sulfide) groups is 1. The highest BCUT2D eigenvalue weighted by molar-refractivity contribution is 7.99. The summed E-state index contributed by atoms with van der Waals surface area (Å²) in [6, 6.07) is 4.46. The van der Waals surface area contributed by atoms with Crippen LogP contribution >= 0.6 is 11.8 Å². The van der Waals surface area contributed by atoms with E-state index in [0.29, 0.717) is 17.2 Å². The first-order valence-corrected chi connectivity index (χ1v) is 9.88. The molecular formula is C19H27N3OS. The van der Waals surface area contributed by atoms with E-state index in [-0.39, 0.29) is 5.91 Å². The molecule has 0 bridgehead atoms. The van der Waals surface area contributed by atoms with Gasteiger partial charge in [-0.3, -0.25) is 4.79 Å². The summed E-state index contributed by atoms with van der Waals surface area (Å²) in [5.74, 6) is 1.43. The summed E-state index contributed by atoms with van der Waals surface area (Å²) in [5, 5.41) is 3.19. The molecule has 1 aliphatic carbocycles. The van der Waals surface area contributed by atoms with E-state index in [0.717, 1.165) is 29.9 Å². The highest BCUT2D eigenvalue weighted by Crippen LogP contribution is 2.34. The number of aryl methyl sites for hydroxylation is 1. The molecule has 130 valence electrons. The smallest absolute Gasteiger partial charge is 0.230 e. The number of carbonyl (C=O) groups excluding carboxylic acids is 1. The number of carbonyl (C=O) groups is 1. The van der Waals surface area contributed by atoms with Gasteiger partial charge in [-0.25, -0.2) is 4.98 Å². The Bertz CT molecular complexity index is 712. The molecule has 2 heterocycles. The summed E-state index contributed by atoms with van der Waals surface area (Å²) in [6.45, 7) is 6.71. The van der Waals surface area contributed by atoms with Gasteiger partial charge in [-0.2, -0.15) is 0 Å². The van der Waals surface area contributed by atoms with Crippen LogP contribution in [0.5, 0.6) is 0 Å². The van der Waals surface area contributed by atoms with Crippen molar-refractivity contribution in [1.29, 1.82) is 0 Å². The van der Waals surface area contributed by atoms with Crippen molar-refractivity contribution in [2.45, 2.75) is 58.2 Å². The van der Waals surface area contributed by atoms with E-state index in [1.807, 2.05) is 6.07 Å². The molecule has 0 aliphatic heterocycles. The average molecular weight is 346 g/mol. The first-order chi connectivity index (χ1) is 11.4. The summed E-state index contributed by atoms with van der Waals surface area (Å²) in [5.41, 5.74) is 3.65. The van der Waals surface area contributed by atoms with Crippen LogP contribution in [0.2, 0.25) is 0 Å². The van der Waals surface area contributed by atoms with E-state index < -0.39 is 0 Å². The van der Waals surface area contributed by atoms with E-state index in [9.17, 15) is 4.79 Å². The van der Waals surface area contributed by atoms with Crippen LogP contribution in [0.15, 0.2) is 24.5 Å². The van der Waals surface area contributed by atoms with Gasteiger partial charge in [-0.05, 0) is 49.7 Å². The second-order valence-corrected chi connectivity index (χ2v) is 8.69. The molecule has 0 atom stereocenters. The van der Waals surface area contributed by atoms with Gasteiger partial charge in [0.2, 0.25) is 5.91 Å². The first-order valence-electron chi connectivity index (χ1n) is 8.73. The Hall–Kier alpha value is -1.49. The van der Waals surface area contributed by atoms with Crippen LogP contribution in [0.25, 0.3) is 5.65 Å². The van der Waals surface area contributed by atoms with Gasteiger partial charge in [0.05, 0.1) is 11.4 Å². The lowest BCUT2D eigenvalue weighted by atomic mass is 9.75. The van der Waals surface area contributed by atoms with Crippen LogP contribution in [-0.2, 0) is 10.5 Å². The van der Waals surface area contributed by atoms with E-state index in [4.69, 9.17) is 0 Å². The summed E-state index contributed by atoms with van der Waals surface area (Å²) in [7, 11) is 0. The monoisotopic (exact) mass is 345 g/mol. The van der Waals surface area contributed by atoms with Crippen molar-refractivity contribution in [2.24, 2.45) is 5.41 Å². The normalized spacial score (nSPS) is 18.0. The largest absolute Gasteiger partial charge is 0.353 e. The van der Waals surface area contributed by atoms with Gasteiger partial charge in [-0.15, -0.1) is 11.8 Å². The highest BCUT2D eigenvalue weighted by Gasteiger charge is 2.27. The first kappa shape index (κ1) is 17.3. The number of hydrogen-bond acceptors (Lipinski definition) is 3. The standard InChI is InChI=1S/C19H27N3OS/c1-14-4-5-17-20-16(11-22(17)10-14)12-24-13-18(23)21-15-6-8-19(2,3)9-7-15/h4-5,10-11,15H,6-9,12-13H2,1-3H3,(H,21,23). The van der Waals surface area contributed by atoms with Crippen molar-refractivity contribution < 1.29 is 4.79 Å². The Kier molecular flexibility index (Phi) is 5.18. The van der Waals surface area contributed by atoms with Gasteiger partial charge in [0, 0.05) is 24.2 Å². The molecule has 5 heteroatoms. The Labute approximate surface area is 148 Å². The van der Waals surface area contributed by atoms with Gasteiger partial charge in [0.1, 0.15) is 5.65 Å². The van der Waals surface area contributed by atoms with Crippen molar-refractivity contribution in [1.82, 2.24) is 14.7 Å². The lowest BCUT2D eigenvalue weighted by molar-refractivity contribution is -0.119. The number of rotatable bonds is 5. The number of amides is 1. The maximum atomic E-state index is 12.1. The van der Waals surface area contributed by atoms with Crippen molar-refractivity contribution in [3.63, 3.8) is 0 Å². The molecule has 1 saturated carbocycles. The van der Waals surface area contributed by atoms with Gasteiger partial charge in [0.15, 0.2) is 0 Å². The Morgan fingerprint density at radius 3 is 2.83 bits per heavy atom. The fourth-order valence-corrected chi connectivity index (χ4v) is 4.01. The molecule has 0 radical (unpaired) electrons. The molecule has 2 aromatic rings. The van der Waals surface area contributed by atoms with E-state index >= 15 is 0 Å². The highest BCUT2D eigenvalue weighted by atomic mass is 32.2. The summed E-state index contributed by atoms with van der Waals surface area (Å²) in [6.07, 6.45) is 8.74. The Morgan fingerprint density at radius 1 is 1.33 bits per heavy atom. The molecule has 1 fully saturated rings. The number of aromatic nitrogens is 2. The zero-order valence-electron chi connectivity index (χ0n) is 14.8. The minimum atomic E-state index is 0.157. The van der Waals surface area contributed by atoms with Gasteiger partial charge >= 0.3 is 0 Å². The van der Waals surface area contributed by atoms with Crippen molar-refractivity contribution in [3.8, 4) is 0 Å². The van der Waals surface area contributed by atoms with E-state index in [1.54, 1.807) is 11.8 Å². The summed E-state index contributed by atoms with van der Waals surface area (Å²) in [4.78, 5) is 16.7. The average Bonchev–Trinajstić information content (AvgIpc) is 2.91. The van der Waals surface area contributed by atoms with Crippen molar-refractivity contribution in [3.05, 3.63) is 35.8 Å². The van der Waals surface area contributed by atoms with Crippen LogP contribution < -0.4 is 5.32 Å². The van der Waals surface area contributed by atoms with Crippen LogP contribution in [0, 0.1) is 12.3 Å². The molecule has 0 aromatic carbocycles. The third kappa shape index (κ3) is 4.53. The van der Waals surface area contributed by atoms with Gasteiger partial charge in [0.25, 0.3) is 0 Å². The predicted molar refractivity (Wildman–Crippen MR) is 100 cm³/mol. The zero-order chi connectivity index (χ0) is 17.2. The molecule has 4 nitrogen and oxygen atoms in total. The second-order valence-electron chi connectivity index (χ2n) is 7.70. The fraction of sp³-hybridized carbons (Fsp3) is 0.579. The van der Waals surface area contributed by atoms with Gasteiger partial charge < -0.3 is 9.72 Å². The third-order valence-corrected chi connectivity index (χ3v) is 5.80. The van der Waals surface area contributed by atoms with Crippen LogP contribution in [-0.4, -0.2) is 27.1 Å². The fourth-order valence-electron chi connectivity index (χ4n) is 3.29. The Balaban J connectivity index is 1.43. The molecule has 1 aliphatic rings. The lowest BCUT2D eigenvalue weighted by Gasteiger charge is -2.34. The van der Waals surface area contributed by atoms with Crippen LogP contribution in [0.1, 0.15) is 50.8 Å². The number of fused-ring (bicyclic) bond motifs is 1. The predicted octanol–water partition coefficient (Wildman–Crippen LogP) is 3.96. The number of hydrogen-bond donors (Lipinski definition) is 1. The van der Waals surface area contributed by atoms with Crippen LogP contribution in [0.3, 0.4) is 0 Å². The number of imidazole rings is 1. The van der Waals surface area contributed by atoms with Gasteiger partial charge in [-0.1, -0.05) is 19.9 Å². The molecule has 2 aromatic heterocycles. The number of pyridine rings is 1. The van der Waals surface area contributed by atoms with E-state index in [2.05, 4.69) is 53.9 Å². The quantitative estimate of drug-likeness (QED) is 0.892. The third-order valence-electron chi connectivity index (χ3n) is 4.84. The lowest BCUT2D eigenvalue weighted by Crippen LogP contribution is -2.40. The molecule has 0 spiro atoms. The number of nitrogens with zero attached hydrogens (tertiary/aromatic N) is 2. The SMILES string of the molecule is Cc1ccc2nc(CSCC(=O)NC3CCC(C)(C)CC3)cn2c1. The van der Waals surface area contributed by atoms with Crippen molar-refractivity contribution >= 4 is 23.3 Å². The Morgan fingerprint density at radius 2 is 2.08 bits per heavy atom. The van der Waals surface area contributed by atoms with Crippen molar-refractivity contribution in [2.75, 3.05) is 5.75 Å². The molecule has 0 unspecified atom stereocenters. The summed E-state index contributed by atoms with van der Waals surface area (Å²) >= 11 is 1.63. The maximum absolute atomic E-state index is 12.1. The zero-order valence-corrected chi connectivity index (χ0v) is 15.7. The molecule has 3 rings (SSSR count). The molecule has 24 heavy (non-hydrogen) atoms. The summed E-state index contributed by atoms with van der Waals surface area (Å²) < 4.78 is 2.05. The topological polar surface area (TPSA) is 46.4 Å². The maximum Gasteiger partial charge on any atom is 0.230 e. The molecule has 0 saturated heterocycles. The minimum absolute atomic E-state index is 0.157. The van der Waals surface area contributed by atoms with Crippen LogP contribution in [0.4, 0.5) is 0 Å².